The predicted octanol–water partition coefficient (Wildman–Crippen LogP) is 8.13. The van der Waals surface area contributed by atoms with Crippen molar-refractivity contribution < 1.29 is 4.79 Å². The number of hydrogen-bond acceptors (Lipinski definition) is 1. The Morgan fingerprint density at radius 3 is 1.84 bits per heavy atom. The van der Waals surface area contributed by atoms with Crippen molar-refractivity contribution in [2.24, 2.45) is 17.8 Å². The van der Waals surface area contributed by atoms with Gasteiger partial charge in [0.15, 0.2) is 0 Å². The molecule has 0 rings (SSSR count). The molecule has 0 radical (unpaired) electrons. The third kappa shape index (κ3) is 16.6. The van der Waals surface area contributed by atoms with Gasteiger partial charge in [-0.1, -0.05) is 91.2 Å². The highest BCUT2D eigenvalue weighted by atomic mass is 16.1. The summed E-state index contributed by atoms with van der Waals surface area (Å²) >= 11 is 0. The van der Waals surface area contributed by atoms with Crippen LogP contribution in [0.2, 0.25) is 0 Å². The van der Waals surface area contributed by atoms with Gasteiger partial charge in [-0.2, -0.15) is 0 Å². The van der Waals surface area contributed by atoms with Crippen LogP contribution >= 0.6 is 0 Å². The second-order valence-electron chi connectivity index (χ2n) is 8.84. The average molecular weight is 351 g/mol. The Bertz CT molecular complexity index is 353. The molecule has 1 heteroatoms. The Kier molecular flexibility index (Phi) is 15.3. The van der Waals surface area contributed by atoms with Gasteiger partial charge in [0, 0.05) is 12.8 Å². The minimum absolute atomic E-state index is 0.385. The number of Topliss-reactive ketones (excluding diaryl/α,β-unsaturated/α-hetero) is 1. The van der Waals surface area contributed by atoms with Crippen molar-refractivity contribution in [2.45, 2.75) is 119 Å². The molecule has 0 N–H and O–H groups in total. The molecular weight excluding hydrogens is 304 g/mol. The molecule has 148 valence electrons. The molecule has 0 aromatic rings. The van der Waals surface area contributed by atoms with Crippen LogP contribution in [0.15, 0.2) is 11.6 Å². The number of carbonyl (C=O) groups is 1. The number of rotatable bonds is 16. The lowest BCUT2D eigenvalue weighted by molar-refractivity contribution is -0.118. The Balaban J connectivity index is 3.64. The number of allylic oxidation sites excluding steroid dienone is 2. The quantitative estimate of drug-likeness (QED) is 0.257. The van der Waals surface area contributed by atoms with Gasteiger partial charge >= 0.3 is 0 Å². The molecule has 0 fully saturated rings. The molecule has 0 bridgehead atoms. The van der Waals surface area contributed by atoms with E-state index in [4.69, 9.17) is 0 Å². The molecule has 0 saturated carbocycles. The molecular formula is C24H46O. The van der Waals surface area contributed by atoms with Crippen LogP contribution in [0.5, 0.6) is 0 Å². The van der Waals surface area contributed by atoms with E-state index in [0.29, 0.717) is 12.2 Å². The number of hydrogen-bond donors (Lipinski definition) is 0. The summed E-state index contributed by atoms with van der Waals surface area (Å²) in [5.41, 5.74) is 1.47. The van der Waals surface area contributed by atoms with Gasteiger partial charge in [-0.25, -0.2) is 0 Å². The third-order valence-electron chi connectivity index (χ3n) is 5.45. The molecule has 0 aliphatic rings. The maximum absolute atomic E-state index is 11.3. The highest BCUT2D eigenvalue weighted by Crippen LogP contribution is 2.22. The van der Waals surface area contributed by atoms with Crippen LogP contribution < -0.4 is 0 Å². The van der Waals surface area contributed by atoms with Crippen LogP contribution in [0.3, 0.4) is 0 Å². The minimum Gasteiger partial charge on any atom is -0.300 e. The van der Waals surface area contributed by atoms with E-state index in [2.05, 4.69) is 40.7 Å². The predicted molar refractivity (Wildman–Crippen MR) is 113 cm³/mol. The van der Waals surface area contributed by atoms with Gasteiger partial charge < -0.3 is 0 Å². The molecule has 0 heterocycles. The summed E-state index contributed by atoms with van der Waals surface area (Å²) in [7, 11) is 0. The van der Waals surface area contributed by atoms with E-state index in [-0.39, 0.29) is 0 Å². The van der Waals surface area contributed by atoms with Crippen LogP contribution in [-0.4, -0.2) is 5.78 Å². The van der Waals surface area contributed by atoms with Crippen molar-refractivity contribution in [3.8, 4) is 0 Å². The summed E-state index contributed by atoms with van der Waals surface area (Å²) in [5, 5.41) is 0. The average Bonchev–Trinajstić information content (AvgIpc) is 2.54. The molecule has 1 nitrogen and oxygen atoms in total. The number of ketones is 1. The number of carbonyl (C=O) groups excluding carboxylic acids is 1. The largest absolute Gasteiger partial charge is 0.300 e. The fourth-order valence-electron chi connectivity index (χ4n) is 3.47. The van der Waals surface area contributed by atoms with Crippen LogP contribution in [-0.2, 0) is 4.79 Å². The van der Waals surface area contributed by atoms with E-state index in [9.17, 15) is 4.79 Å². The zero-order chi connectivity index (χ0) is 19.1. The normalized spacial score (nSPS) is 14.8. The fraction of sp³-hybridized carbons (Fsp3) is 0.875. The van der Waals surface area contributed by atoms with Crippen LogP contribution in [0.25, 0.3) is 0 Å². The second kappa shape index (κ2) is 15.6. The molecule has 0 spiro atoms. The van der Waals surface area contributed by atoms with Crippen LogP contribution in [0.1, 0.15) is 119 Å². The van der Waals surface area contributed by atoms with Crippen molar-refractivity contribution in [2.75, 3.05) is 0 Å². The first kappa shape index (κ1) is 24.4. The second-order valence-corrected chi connectivity index (χ2v) is 8.84. The van der Waals surface area contributed by atoms with Gasteiger partial charge in [0.1, 0.15) is 5.78 Å². The summed E-state index contributed by atoms with van der Waals surface area (Å²) in [6.07, 6.45) is 16.9. The van der Waals surface area contributed by atoms with Gasteiger partial charge in [0.25, 0.3) is 0 Å². The van der Waals surface area contributed by atoms with Gasteiger partial charge in [0.05, 0.1) is 0 Å². The maximum atomic E-state index is 11.3. The Hall–Kier alpha value is -0.590. The van der Waals surface area contributed by atoms with Gasteiger partial charge in [0.2, 0.25) is 0 Å². The first-order valence-corrected chi connectivity index (χ1v) is 11.0. The topological polar surface area (TPSA) is 17.1 Å². The van der Waals surface area contributed by atoms with Crippen molar-refractivity contribution in [3.05, 3.63) is 11.6 Å². The molecule has 25 heavy (non-hydrogen) atoms. The van der Waals surface area contributed by atoms with Crippen molar-refractivity contribution in [3.63, 3.8) is 0 Å². The van der Waals surface area contributed by atoms with Crippen molar-refractivity contribution in [1.82, 2.24) is 0 Å². The Labute approximate surface area is 159 Å². The first-order valence-electron chi connectivity index (χ1n) is 11.0. The summed E-state index contributed by atoms with van der Waals surface area (Å²) < 4.78 is 0. The van der Waals surface area contributed by atoms with Crippen molar-refractivity contribution in [1.29, 1.82) is 0 Å². The molecule has 2 unspecified atom stereocenters. The van der Waals surface area contributed by atoms with Crippen molar-refractivity contribution >= 4 is 5.78 Å². The SMILES string of the molecule is CCC(=O)CC/C=C(\C)CCCC(C)CCCC(C)CCCC(C)C. The molecule has 0 amide bonds. The van der Waals surface area contributed by atoms with Gasteiger partial charge in [-0.3, -0.25) is 4.79 Å². The molecule has 0 aromatic carbocycles. The fourth-order valence-corrected chi connectivity index (χ4v) is 3.47. The standard InChI is InChI=1S/C24H46O/c1-7-24(25)19-11-18-23(6)17-10-16-22(5)15-9-14-21(4)13-8-12-20(2)3/h18,20-22H,7-17,19H2,1-6H3/b23-18+. The van der Waals surface area contributed by atoms with Crippen LogP contribution in [0, 0.1) is 17.8 Å². The maximum Gasteiger partial charge on any atom is 0.132 e. The summed E-state index contributed by atoms with van der Waals surface area (Å²) in [6.45, 7) is 13.7. The van der Waals surface area contributed by atoms with Crippen LogP contribution in [0.4, 0.5) is 0 Å². The van der Waals surface area contributed by atoms with E-state index in [1.807, 2.05) is 6.92 Å². The van der Waals surface area contributed by atoms with Gasteiger partial charge in [-0.15, -0.1) is 0 Å². The monoisotopic (exact) mass is 350 g/mol. The smallest absolute Gasteiger partial charge is 0.132 e. The van der Waals surface area contributed by atoms with E-state index >= 15 is 0 Å². The third-order valence-corrected chi connectivity index (χ3v) is 5.45. The zero-order valence-corrected chi connectivity index (χ0v) is 18.2. The summed E-state index contributed by atoms with van der Waals surface area (Å²) in [5.74, 6) is 3.01. The lowest BCUT2D eigenvalue weighted by Crippen LogP contribution is -2.00. The van der Waals surface area contributed by atoms with E-state index in [1.165, 1.54) is 63.4 Å². The summed E-state index contributed by atoms with van der Waals surface area (Å²) in [6, 6.07) is 0. The lowest BCUT2D eigenvalue weighted by atomic mass is 9.91. The van der Waals surface area contributed by atoms with E-state index in [1.54, 1.807) is 0 Å². The highest BCUT2D eigenvalue weighted by Gasteiger charge is 2.06. The van der Waals surface area contributed by atoms with E-state index < -0.39 is 0 Å². The first-order chi connectivity index (χ1) is 11.8. The van der Waals surface area contributed by atoms with E-state index in [0.717, 1.165) is 30.6 Å². The Morgan fingerprint density at radius 2 is 1.32 bits per heavy atom. The molecule has 2 atom stereocenters. The summed E-state index contributed by atoms with van der Waals surface area (Å²) in [4.78, 5) is 11.3. The molecule has 0 saturated heterocycles. The molecule has 0 aliphatic carbocycles. The zero-order valence-electron chi connectivity index (χ0n) is 18.2. The molecule has 0 aromatic heterocycles. The minimum atomic E-state index is 0.385. The van der Waals surface area contributed by atoms with Gasteiger partial charge in [-0.05, 0) is 43.9 Å². The lowest BCUT2D eigenvalue weighted by Gasteiger charge is -2.15. The Morgan fingerprint density at radius 1 is 0.800 bits per heavy atom. The highest BCUT2D eigenvalue weighted by molar-refractivity contribution is 5.78. The molecule has 0 aliphatic heterocycles.